The van der Waals surface area contributed by atoms with Gasteiger partial charge >= 0.3 is 0 Å². The van der Waals surface area contributed by atoms with Crippen LogP contribution >= 0.6 is 0 Å². The number of carbonyl (C=O) groups is 1. The Bertz CT molecular complexity index is 516. The van der Waals surface area contributed by atoms with Gasteiger partial charge in [0.15, 0.2) is 0 Å². The highest BCUT2D eigenvalue weighted by Crippen LogP contribution is 2.20. The maximum atomic E-state index is 13.7. The number of piperidine rings is 1. The second-order valence-corrected chi connectivity index (χ2v) is 4.73. The quantitative estimate of drug-likeness (QED) is 0.887. The fourth-order valence-electron chi connectivity index (χ4n) is 2.26. The first-order valence-corrected chi connectivity index (χ1v) is 6.32. The summed E-state index contributed by atoms with van der Waals surface area (Å²) in [4.78, 5) is 13.0. The van der Waals surface area contributed by atoms with Crippen molar-refractivity contribution in [1.82, 2.24) is 4.90 Å². The van der Waals surface area contributed by atoms with Gasteiger partial charge in [-0.25, -0.2) is 4.39 Å². The van der Waals surface area contributed by atoms with E-state index in [4.69, 9.17) is 5.26 Å². The first-order chi connectivity index (χ1) is 9.10. The number of hydrogen-bond donors (Lipinski definition) is 1. The molecule has 1 heterocycles. The second-order valence-electron chi connectivity index (χ2n) is 4.73. The highest BCUT2D eigenvalue weighted by atomic mass is 19.1. The minimum atomic E-state index is -0.409. The number of likely N-dealkylation sites (tertiary alicyclic amines) is 1. The molecule has 5 heteroatoms. The lowest BCUT2D eigenvalue weighted by Gasteiger charge is -2.32. The normalized spacial score (nSPS) is 15.9. The summed E-state index contributed by atoms with van der Waals surface area (Å²) >= 11 is 0. The van der Waals surface area contributed by atoms with Gasteiger partial charge in [0.25, 0.3) is 0 Å². The van der Waals surface area contributed by atoms with Gasteiger partial charge < -0.3 is 10.2 Å². The number of anilines is 1. The molecule has 0 saturated carbocycles. The van der Waals surface area contributed by atoms with E-state index in [1.54, 1.807) is 24.0 Å². The molecule has 1 aliphatic heterocycles. The van der Waals surface area contributed by atoms with Crippen molar-refractivity contribution in [2.75, 3.05) is 18.4 Å². The van der Waals surface area contributed by atoms with Crippen molar-refractivity contribution in [3.63, 3.8) is 0 Å². The van der Waals surface area contributed by atoms with E-state index in [-0.39, 0.29) is 11.9 Å². The summed E-state index contributed by atoms with van der Waals surface area (Å²) in [7, 11) is 0. The van der Waals surface area contributed by atoms with E-state index in [1.165, 1.54) is 6.07 Å². The third-order valence-electron chi connectivity index (χ3n) is 3.40. The molecule has 1 fully saturated rings. The highest BCUT2D eigenvalue weighted by Gasteiger charge is 2.21. The number of nitriles is 1. The molecule has 0 aliphatic carbocycles. The molecule has 0 unspecified atom stereocenters. The van der Waals surface area contributed by atoms with Gasteiger partial charge in [-0.05, 0) is 31.0 Å². The van der Waals surface area contributed by atoms with E-state index in [9.17, 15) is 9.18 Å². The maximum absolute atomic E-state index is 13.7. The van der Waals surface area contributed by atoms with Crippen molar-refractivity contribution in [3.8, 4) is 6.07 Å². The van der Waals surface area contributed by atoms with Crippen LogP contribution in [0.1, 0.15) is 25.3 Å². The molecular weight excluding hydrogens is 245 g/mol. The van der Waals surface area contributed by atoms with Crippen LogP contribution in [0.5, 0.6) is 0 Å². The van der Waals surface area contributed by atoms with E-state index in [0.717, 1.165) is 12.8 Å². The van der Waals surface area contributed by atoms with Gasteiger partial charge in [0.05, 0.1) is 17.3 Å². The number of hydrogen-bond acceptors (Lipinski definition) is 3. The average Bonchev–Trinajstić information content (AvgIpc) is 2.41. The number of amides is 1. The summed E-state index contributed by atoms with van der Waals surface area (Å²) in [5.74, 6) is -0.323. The van der Waals surface area contributed by atoms with Crippen molar-refractivity contribution in [2.45, 2.75) is 25.8 Å². The number of carbonyl (C=O) groups excluding carboxylic acids is 1. The van der Waals surface area contributed by atoms with E-state index in [1.807, 2.05) is 6.07 Å². The van der Waals surface area contributed by atoms with Gasteiger partial charge in [0, 0.05) is 26.1 Å². The topological polar surface area (TPSA) is 56.1 Å². The van der Waals surface area contributed by atoms with Crippen molar-refractivity contribution >= 4 is 11.6 Å². The Balaban J connectivity index is 1.96. The van der Waals surface area contributed by atoms with Gasteiger partial charge in [0.1, 0.15) is 5.82 Å². The monoisotopic (exact) mass is 261 g/mol. The molecule has 1 aromatic carbocycles. The zero-order valence-corrected chi connectivity index (χ0v) is 10.8. The Morgan fingerprint density at radius 3 is 2.68 bits per heavy atom. The fourth-order valence-corrected chi connectivity index (χ4v) is 2.26. The van der Waals surface area contributed by atoms with Crippen LogP contribution in [0, 0.1) is 17.1 Å². The third kappa shape index (κ3) is 3.22. The van der Waals surface area contributed by atoms with Gasteiger partial charge in [0.2, 0.25) is 5.91 Å². The van der Waals surface area contributed by atoms with Gasteiger partial charge in [-0.15, -0.1) is 0 Å². The molecule has 100 valence electrons. The van der Waals surface area contributed by atoms with Crippen LogP contribution in [0.2, 0.25) is 0 Å². The van der Waals surface area contributed by atoms with Crippen LogP contribution in [0.15, 0.2) is 18.2 Å². The predicted molar refractivity (Wildman–Crippen MR) is 70.0 cm³/mol. The molecule has 2 rings (SSSR count). The van der Waals surface area contributed by atoms with Crippen LogP contribution in [-0.2, 0) is 4.79 Å². The summed E-state index contributed by atoms with van der Waals surface area (Å²) in [6, 6.07) is 6.48. The zero-order valence-electron chi connectivity index (χ0n) is 10.8. The Morgan fingerprint density at radius 1 is 1.47 bits per heavy atom. The standard InChI is InChI=1S/C14H16FN3O/c1-10(19)18-6-4-12(5-7-18)17-14-3-2-11(9-16)8-13(14)15/h2-3,8,12,17H,4-7H2,1H3. The molecular formula is C14H16FN3O. The number of rotatable bonds is 2. The van der Waals surface area contributed by atoms with Crippen LogP contribution < -0.4 is 5.32 Å². The van der Waals surface area contributed by atoms with Gasteiger partial charge in [-0.3, -0.25) is 4.79 Å². The molecule has 0 radical (unpaired) electrons. The summed E-state index contributed by atoms with van der Waals surface area (Å²) in [6.07, 6.45) is 1.61. The molecule has 0 atom stereocenters. The Labute approximate surface area is 111 Å². The summed E-state index contributed by atoms with van der Waals surface area (Å²) in [6.45, 7) is 2.96. The van der Waals surface area contributed by atoms with Crippen LogP contribution in [0.3, 0.4) is 0 Å². The van der Waals surface area contributed by atoms with Crippen molar-refractivity contribution < 1.29 is 9.18 Å². The Morgan fingerprint density at radius 2 is 2.16 bits per heavy atom. The van der Waals surface area contributed by atoms with Gasteiger partial charge in [-0.1, -0.05) is 0 Å². The lowest BCUT2D eigenvalue weighted by Crippen LogP contribution is -2.41. The number of benzene rings is 1. The minimum absolute atomic E-state index is 0.0861. The minimum Gasteiger partial charge on any atom is -0.380 e. The van der Waals surface area contributed by atoms with Crippen molar-refractivity contribution in [2.24, 2.45) is 0 Å². The lowest BCUT2D eigenvalue weighted by molar-refractivity contribution is -0.129. The molecule has 1 saturated heterocycles. The summed E-state index contributed by atoms with van der Waals surface area (Å²) in [5.41, 5.74) is 0.731. The molecule has 1 aromatic rings. The predicted octanol–water partition coefficient (Wildman–Crippen LogP) is 2.12. The maximum Gasteiger partial charge on any atom is 0.219 e. The van der Waals surface area contributed by atoms with Crippen molar-refractivity contribution in [3.05, 3.63) is 29.6 Å². The number of halogens is 1. The first-order valence-electron chi connectivity index (χ1n) is 6.32. The number of nitrogens with zero attached hydrogens (tertiary/aromatic N) is 2. The molecule has 0 bridgehead atoms. The molecule has 1 amide bonds. The Kier molecular flexibility index (Phi) is 4.00. The van der Waals surface area contributed by atoms with Crippen LogP contribution in [-0.4, -0.2) is 29.9 Å². The van der Waals surface area contributed by atoms with E-state index >= 15 is 0 Å². The zero-order chi connectivity index (χ0) is 13.8. The molecule has 0 aromatic heterocycles. The van der Waals surface area contributed by atoms with Crippen LogP contribution in [0.25, 0.3) is 0 Å². The molecule has 0 spiro atoms. The Hall–Kier alpha value is -2.09. The average molecular weight is 261 g/mol. The second kappa shape index (κ2) is 5.70. The van der Waals surface area contributed by atoms with E-state index in [2.05, 4.69) is 5.32 Å². The smallest absolute Gasteiger partial charge is 0.219 e. The summed E-state index contributed by atoms with van der Waals surface area (Å²) < 4.78 is 13.7. The van der Waals surface area contributed by atoms with E-state index < -0.39 is 5.82 Å². The largest absolute Gasteiger partial charge is 0.380 e. The lowest BCUT2D eigenvalue weighted by atomic mass is 10.0. The van der Waals surface area contributed by atoms with Gasteiger partial charge in [-0.2, -0.15) is 5.26 Å². The molecule has 4 nitrogen and oxygen atoms in total. The fraction of sp³-hybridized carbons (Fsp3) is 0.429. The summed E-state index contributed by atoms with van der Waals surface area (Å²) in [5, 5.41) is 11.8. The van der Waals surface area contributed by atoms with E-state index in [0.29, 0.717) is 24.3 Å². The first kappa shape index (κ1) is 13.3. The molecule has 19 heavy (non-hydrogen) atoms. The van der Waals surface area contributed by atoms with Crippen molar-refractivity contribution in [1.29, 1.82) is 5.26 Å². The molecule has 1 N–H and O–H groups in total. The molecule has 1 aliphatic rings. The number of nitrogens with one attached hydrogen (secondary N) is 1. The highest BCUT2D eigenvalue weighted by molar-refractivity contribution is 5.73. The van der Waals surface area contributed by atoms with Crippen LogP contribution in [0.4, 0.5) is 10.1 Å². The third-order valence-corrected chi connectivity index (χ3v) is 3.40. The SMILES string of the molecule is CC(=O)N1CCC(Nc2ccc(C#N)cc2F)CC1.